The van der Waals surface area contributed by atoms with E-state index in [-0.39, 0.29) is 12.2 Å². The summed E-state index contributed by atoms with van der Waals surface area (Å²) in [6.07, 6.45) is 2.31. The zero-order valence-corrected chi connectivity index (χ0v) is 15.5. The summed E-state index contributed by atoms with van der Waals surface area (Å²) in [4.78, 5) is 22.1. The molecule has 0 aliphatic carbocycles. The summed E-state index contributed by atoms with van der Waals surface area (Å²) in [5, 5.41) is 11.6. The Hall–Kier alpha value is -2.70. The summed E-state index contributed by atoms with van der Waals surface area (Å²) in [5.74, 6) is 0.665. The molecule has 136 valence electrons. The van der Waals surface area contributed by atoms with E-state index in [0.717, 1.165) is 16.5 Å². The molecule has 0 aliphatic heterocycles. The van der Waals surface area contributed by atoms with Gasteiger partial charge in [-0.15, -0.1) is 0 Å². The van der Waals surface area contributed by atoms with Gasteiger partial charge < -0.3 is 5.11 Å². The van der Waals surface area contributed by atoms with Crippen molar-refractivity contribution in [3.8, 4) is 0 Å². The predicted molar refractivity (Wildman–Crippen MR) is 109 cm³/mol. The lowest BCUT2D eigenvalue weighted by atomic mass is 10.1. The van der Waals surface area contributed by atoms with Gasteiger partial charge in [0.25, 0.3) is 5.56 Å². The third-order valence-electron chi connectivity index (χ3n) is 4.44. The molecule has 2 aromatic carbocycles. The maximum atomic E-state index is 12.9. The molecule has 0 unspecified atom stereocenters. The van der Waals surface area contributed by atoms with Gasteiger partial charge in [0.05, 0.1) is 16.4 Å². The molecular weight excluding hydrogens is 358 g/mol. The highest BCUT2D eigenvalue weighted by Gasteiger charge is 2.12. The number of fused-ring (bicyclic) bond motifs is 2. The molecule has 0 amide bonds. The summed E-state index contributed by atoms with van der Waals surface area (Å²) in [6, 6.07) is 17.5. The molecule has 0 bridgehead atoms. The van der Waals surface area contributed by atoms with Crippen LogP contribution in [-0.2, 0) is 12.3 Å². The second kappa shape index (κ2) is 7.90. The quantitative estimate of drug-likeness (QED) is 0.411. The Kier molecular flexibility index (Phi) is 5.18. The number of hydrogen-bond acceptors (Lipinski definition) is 5. The van der Waals surface area contributed by atoms with Crippen molar-refractivity contribution in [1.82, 2.24) is 14.5 Å². The highest BCUT2D eigenvalue weighted by Crippen LogP contribution is 2.26. The van der Waals surface area contributed by atoms with E-state index in [2.05, 4.69) is 11.1 Å². The van der Waals surface area contributed by atoms with E-state index in [1.165, 1.54) is 11.8 Å². The minimum atomic E-state index is -0.0624. The Morgan fingerprint density at radius 2 is 1.89 bits per heavy atom. The Morgan fingerprint density at radius 1 is 1.04 bits per heavy atom. The molecule has 4 aromatic rings. The van der Waals surface area contributed by atoms with E-state index in [1.54, 1.807) is 16.8 Å². The average molecular weight is 377 g/mol. The SMILES string of the molecule is O=c1c2ccccc2nc(SCc2cccc3cccnc23)n1CCCO. The molecular formula is C21H19N3O2S. The van der Waals surface area contributed by atoms with Crippen molar-refractivity contribution in [3.63, 3.8) is 0 Å². The highest BCUT2D eigenvalue weighted by atomic mass is 32.2. The minimum Gasteiger partial charge on any atom is -0.396 e. The number of benzene rings is 2. The van der Waals surface area contributed by atoms with Crippen LogP contribution in [0.4, 0.5) is 0 Å². The zero-order chi connectivity index (χ0) is 18.6. The Balaban J connectivity index is 1.73. The Bertz CT molecular complexity index is 1150. The Morgan fingerprint density at radius 3 is 2.78 bits per heavy atom. The van der Waals surface area contributed by atoms with Gasteiger partial charge in [0.1, 0.15) is 0 Å². The van der Waals surface area contributed by atoms with Crippen LogP contribution in [0.25, 0.3) is 21.8 Å². The lowest BCUT2D eigenvalue weighted by molar-refractivity contribution is 0.276. The Labute approximate surface area is 160 Å². The molecule has 0 spiro atoms. The van der Waals surface area contributed by atoms with Gasteiger partial charge >= 0.3 is 0 Å². The molecule has 0 saturated heterocycles. The molecule has 0 atom stereocenters. The van der Waals surface area contributed by atoms with E-state index in [0.29, 0.717) is 34.8 Å². The topological polar surface area (TPSA) is 68.0 Å². The molecule has 0 fully saturated rings. The fraction of sp³-hybridized carbons (Fsp3) is 0.190. The molecule has 1 N–H and O–H groups in total. The molecule has 4 rings (SSSR count). The molecule has 5 nitrogen and oxygen atoms in total. The molecule has 0 aliphatic rings. The standard InChI is InChI=1S/C21H19N3O2S/c25-13-5-12-24-20(26)17-9-1-2-10-18(17)23-21(24)27-14-16-7-3-6-15-8-4-11-22-19(15)16/h1-4,6-11,25H,5,12-14H2. The van der Waals surface area contributed by atoms with E-state index in [9.17, 15) is 9.90 Å². The minimum absolute atomic E-state index is 0.0383. The van der Waals surface area contributed by atoms with E-state index < -0.39 is 0 Å². The number of thioether (sulfide) groups is 1. The van der Waals surface area contributed by atoms with Crippen LogP contribution in [0.2, 0.25) is 0 Å². The smallest absolute Gasteiger partial charge is 0.262 e. The highest BCUT2D eigenvalue weighted by molar-refractivity contribution is 7.98. The predicted octanol–water partition coefficient (Wildman–Crippen LogP) is 3.62. The van der Waals surface area contributed by atoms with Gasteiger partial charge in [-0.25, -0.2) is 4.98 Å². The molecule has 0 radical (unpaired) electrons. The van der Waals surface area contributed by atoms with Crippen molar-refractivity contribution in [3.05, 3.63) is 76.7 Å². The number of rotatable bonds is 6. The van der Waals surface area contributed by atoms with Gasteiger partial charge in [-0.05, 0) is 30.2 Å². The van der Waals surface area contributed by atoms with E-state index in [4.69, 9.17) is 4.98 Å². The second-order valence-corrected chi connectivity index (χ2v) is 7.17. The van der Waals surface area contributed by atoms with Crippen LogP contribution in [0.5, 0.6) is 0 Å². The molecule has 6 heteroatoms. The van der Waals surface area contributed by atoms with Crippen LogP contribution in [0, 0.1) is 0 Å². The van der Waals surface area contributed by atoms with Crippen molar-refractivity contribution < 1.29 is 5.11 Å². The summed E-state index contributed by atoms with van der Waals surface area (Å²) in [5.41, 5.74) is 2.71. The van der Waals surface area contributed by atoms with Gasteiger partial charge in [-0.1, -0.05) is 48.2 Å². The number of pyridine rings is 1. The van der Waals surface area contributed by atoms with Gasteiger partial charge in [-0.2, -0.15) is 0 Å². The number of aliphatic hydroxyl groups excluding tert-OH is 1. The first-order valence-corrected chi connectivity index (χ1v) is 9.82. The first-order chi connectivity index (χ1) is 13.3. The zero-order valence-electron chi connectivity index (χ0n) is 14.7. The van der Waals surface area contributed by atoms with Crippen molar-refractivity contribution in [2.24, 2.45) is 0 Å². The van der Waals surface area contributed by atoms with Crippen LogP contribution in [0.15, 0.2) is 70.7 Å². The van der Waals surface area contributed by atoms with Gasteiger partial charge in [-0.3, -0.25) is 14.3 Å². The van der Waals surface area contributed by atoms with Gasteiger partial charge in [0.15, 0.2) is 5.16 Å². The maximum absolute atomic E-state index is 12.9. The number of para-hydroxylation sites is 2. The van der Waals surface area contributed by atoms with Gasteiger partial charge in [0, 0.05) is 30.5 Å². The third-order valence-corrected chi connectivity index (χ3v) is 5.46. The number of nitrogens with zero attached hydrogens (tertiary/aromatic N) is 3. The normalized spacial score (nSPS) is 11.3. The number of aliphatic hydroxyl groups is 1. The summed E-state index contributed by atoms with van der Waals surface area (Å²) in [6.45, 7) is 0.486. The molecule has 2 heterocycles. The lowest BCUT2D eigenvalue weighted by Crippen LogP contribution is -2.24. The van der Waals surface area contributed by atoms with Gasteiger partial charge in [0.2, 0.25) is 0 Å². The number of hydrogen-bond donors (Lipinski definition) is 1. The summed E-state index contributed by atoms with van der Waals surface area (Å²) < 4.78 is 1.67. The summed E-state index contributed by atoms with van der Waals surface area (Å²) >= 11 is 1.52. The van der Waals surface area contributed by atoms with Crippen molar-refractivity contribution >= 4 is 33.6 Å². The average Bonchev–Trinajstić information content (AvgIpc) is 2.72. The van der Waals surface area contributed by atoms with Crippen LogP contribution in [-0.4, -0.2) is 26.2 Å². The number of aromatic nitrogens is 3. The van der Waals surface area contributed by atoms with Crippen LogP contribution < -0.4 is 5.56 Å². The molecule has 0 saturated carbocycles. The van der Waals surface area contributed by atoms with Crippen LogP contribution in [0.3, 0.4) is 0 Å². The van der Waals surface area contributed by atoms with E-state index in [1.807, 2.05) is 42.5 Å². The van der Waals surface area contributed by atoms with Crippen LogP contribution >= 0.6 is 11.8 Å². The lowest BCUT2D eigenvalue weighted by Gasteiger charge is -2.13. The van der Waals surface area contributed by atoms with Crippen molar-refractivity contribution in [2.75, 3.05) is 6.61 Å². The van der Waals surface area contributed by atoms with Crippen molar-refractivity contribution in [1.29, 1.82) is 0 Å². The fourth-order valence-electron chi connectivity index (χ4n) is 3.11. The first kappa shape index (κ1) is 17.7. The maximum Gasteiger partial charge on any atom is 0.262 e. The second-order valence-electron chi connectivity index (χ2n) is 6.23. The monoisotopic (exact) mass is 377 g/mol. The molecule has 27 heavy (non-hydrogen) atoms. The molecule has 2 aromatic heterocycles. The largest absolute Gasteiger partial charge is 0.396 e. The first-order valence-electron chi connectivity index (χ1n) is 8.84. The third kappa shape index (κ3) is 3.59. The van der Waals surface area contributed by atoms with Crippen molar-refractivity contribution in [2.45, 2.75) is 23.9 Å². The van der Waals surface area contributed by atoms with E-state index >= 15 is 0 Å². The van der Waals surface area contributed by atoms with Crippen LogP contribution in [0.1, 0.15) is 12.0 Å². The fourth-order valence-corrected chi connectivity index (χ4v) is 4.12. The summed E-state index contributed by atoms with van der Waals surface area (Å²) in [7, 11) is 0.